The van der Waals surface area contributed by atoms with Crippen molar-refractivity contribution >= 4 is 11.3 Å². The highest BCUT2D eigenvalue weighted by molar-refractivity contribution is 7.13. The van der Waals surface area contributed by atoms with Crippen molar-refractivity contribution in [1.29, 1.82) is 0 Å². The summed E-state index contributed by atoms with van der Waals surface area (Å²) >= 11 is 1.70. The number of hydrogen-bond donors (Lipinski definition) is 0. The molecule has 4 nitrogen and oxygen atoms in total. The quantitative estimate of drug-likeness (QED) is 0.548. The Kier molecular flexibility index (Phi) is 6.48. The smallest absolute Gasteiger partial charge is 0.161 e. The van der Waals surface area contributed by atoms with Crippen LogP contribution in [0.4, 0.5) is 0 Å². The van der Waals surface area contributed by atoms with Crippen molar-refractivity contribution < 1.29 is 9.47 Å². The molecule has 0 bridgehead atoms. The summed E-state index contributed by atoms with van der Waals surface area (Å²) in [6.07, 6.45) is 1.06. The Labute approximate surface area is 165 Å². The van der Waals surface area contributed by atoms with E-state index >= 15 is 0 Å². The van der Waals surface area contributed by atoms with Crippen molar-refractivity contribution in [3.8, 4) is 22.1 Å². The Morgan fingerprint density at radius 2 is 1.63 bits per heavy atom. The minimum atomic E-state index is 0.752. The van der Waals surface area contributed by atoms with Crippen LogP contribution in [0.15, 0.2) is 47.8 Å². The third-order valence-corrected chi connectivity index (χ3v) is 5.43. The van der Waals surface area contributed by atoms with Crippen LogP contribution in [-0.4, -0.2) is 31.2 Å². The molecule has 0 saturated heterocycles. The second kappa shape index (κ2) is 9.02. The molecule has 1 heterocycles. The lowest BCUT2D eigenvalue weighted by atomic mass is 10.1. The van der Waals surface area contributed by atoms with Gasteiger partial charge < -0.3 is 9.47 Å². The molecule has 0 spiro atoms. The molecule has 0 fully saturated rings. The molecule has 0 aliphatic carbocycles. The van der Waals surface area contributed by atoms with Crippen LogP contribution < -0.4 is 9.47 Å². The average molecular weight is 383 g/mol. The highest BCUT2D eigenvalue weighted by Crippen LogP contribution is 2.28. The van der Waals surface area contributed by atoms with Gasteiger partial charge in [0.05, 0.1) is 19.9 Å². The molecule has 3 rings (SSSR count). The molecule has 27 heavy (non-hydrogen) atoms. The van der Waals surface area contributed by atoms with E-state index in [0.717, 1.165) is 41.7 Å². The number of aryl methyl sites for hydroxylation is 1. The first-order chi connectivity index (χ1) is 13.1. The number of rotatable bonds is 8. The largest absolute Gasteiger partial charge is 0.493 e. The predicted molar refractivity (Wildman–Crippen MR) is 112 cm³/mol. The van der Waals surface area contributed by atoms with Crippen LogP contribution >= 0.6 is 11.3 Å². The van der Waals surface area contributed by atoms with Crippen molar-refractivity contribution in [2.45, 2.75) is 26.4 Å². The molecular formula is C22H26N2O2S. The molecule has 5 heteroatoms. The Bertz CT molecular complexity index is 874. The van der Waals surface area contributed by atoms with E-state index in [4.69, 9.17) is 14.5 Å². The van der Waals surface area contributed by atoms with Gasteiger partial charge in [0.15, 0.2) is 11.5 Å². The standard InChI is InChI=1S/C22H26N2O2S/c1-5-16-6-9-18(10-7-16)22-23-19(15-27-22)14-24(2)13-17-8-11-20(25-3)21(12-17)26-4/h6-12,15H,5,13-14H2,1-4H3. The van der Waals surface area contributed by atoms with Crippen LogP contribution in [0.25, 0.3) is 10.6 Å². The maximum absolute atomic E-state index is 5.39. The van der Waals surface area contributed by atoms with Crippen LogP contribution in [0.5, 0.6) is 11.5 Å². The summed E-state index contributed by atoms with van der Waals surface area (Å²) < 4.78 is 10.7. The average Bonchev–Trinajstić information content (AvgIpc) is 3.16. The lowest BCUT2D eigenvalue weighted by Crippen LogP contribution is -2.17. The fraction of sp³-hybridized carbons (Fsp3) is 0.318. The minimum Gasteiger partial charge on any atom is -0.493 e. The Balaban J connectivity index is 1.64. The molecule has 3 aromatic rings. The van der Waals surface area contributed by atoms with Crippen LogP contribution in [0, 0.1) is 0 Å². The van der Waals surface area contributed by atoms with E-state index in [0.29, 0.717) is 0 Å². The summed E-state index contributed by atoms with van der Waals surface area (Å²) in [5, 5.41) is 3.22. The topological polar surface area (TPSA) is 34.6 Å². The van der Waals surface area contributed by atoms with Gasteiger partial charge in [-0.1, -0.05) is 37.3 Å². The number of ether oxygens (including phenoxy) is 2. The Morgan fingerprint density at radius 1 is 0.926 bits per heavy atom. The molecule has 0 radical (unpaired) electrons. The molecule has 0 saturated carbocycles. The van der Waals surface area contributed by atoms with Crippen molar-refractivity contribution in [2.75, 3.05) is 21.3 Å². The summed E-state index contributed by atoms with van der Waals surface area (Å²) in [6.45, 7) is 3.79. The minimum absolute atomic E-state index is 0.752. The molecule has 0 atom stereocenters. The third-order valence-electron chi connectivity index (χ3n) is 4.49. The lowest BCUT2D eigenvalue weighted by molar-refractivity contribution is 0.313. The number of methoxy groups -OCH3 is 2. The highest BCUT2D eigenvalue weighted by Gasteiger charge is 2.10. The monoisotopic (exact) mass is 382 g/mol. The normalized spacial score (nSPS) is 11.0. The summed E-state index contributed by atoms with van der Waals surface area (Å²) in [4.78, 5) is 7.06. The number of benzene rings is 2. The molecule has 0 amide bonds. The molecule has 1 aromatic heterocycles. The van der Waals surface area contributed by atoms with Gasteiger partial charge in [0.25, 0.3) is 0 Å². The SMILES string of the molecule is CCc1ccc(-c2nc(CN(C)Cc3ccc(OC)c(OC)c3)cs2)cc1. The van der Waals surface area contributed by atoms with Crippen molar-refractivity contribution in [1.82, 2.24) is 9.88 Å². The van der Waals surface area contributed by atoms with E-state index in [9.17, 15) is 0 Å². The Hall–Kier alpha value is -2.37. The second-order valence-electron chi connectivity index (χ2n) is 6.56. The van der Waals surface area contributed by atoms with Crippen molar-refractivity contribution in [2.24, 2.45) is 0 Å². The van der Waals surface area contributed by atoms with Gasteiger partial charge in [0.2, 0.25) is 0 Å². The predicted octanol–water partition coefficient (Wildman–Crippen LogP) is 5.02. The van der Waals surface area contributed by atoms with Crippen LogP contribution in [0.2, 0.25) is 0 Å². The number of aromatic nitrogens is 1. The van der Waals surface area contributed by atoms with Gasteiger partial charge in [-0.05, 0) is 36.7 Å². The summed E-state index contributed by atoms with van der Waals surface area (Å²) in [7, 11) is 5.42. The van der Waals surface area contributed by atoms with E-state index in [1.807, 2.05) is 12.1 Å². The number of thiazole rings is 1. The Morgan fingerprint density at radius 3 is 2.30 bits per heavy atom. The van der Waals surface area contributed by atoms with E-state index in [1.165, 1.54) is 16.7 Å². The first-order valence-electron chi connectivity index (χ1n) is 9.06. The summed E-state index contributed by atoms with van der Waals surface area (Å²) in [6, 6.07) is 14.7. The first kappa shape index (κ1) is 19.4. The van der Waals surface area contributed by atoms with Gasteiger partial charge >= 0.3 is 0 Å². The van der Waals surface area contributed by atoms with Gasteiger partial charge in [-0.3, -0.25) is 4.90 Å². The zero-order valence-electron chi connectivity index (χ0n) is 16.4. The molecule has 0 N–H and O–H groups in total. The fourth-order valence-electron chi connectivity index (χ4n) is 3.02. The summed E-state index contributed by atoms with van der Waals surface area (Å²) in [5.74, 6) is 1.51. The van der Waals surface area contributed by atoms with Gasteiger partial charge in [0, 0.05) is 24.0 Å². The van der Waals surface area contributed by atoms with E-state index in [2.05, 4.69) is 54.6 Å². The van der Waals surface area contributed by atoms with Crippen molar-refractivity contribution in [3.05, 3.63) is 64.7 Å². The van der Waals surface area contributed by atoms with E-state index in [-0.39, 0.29) is 0 Å². The van der Waals surface area contributed by atoms with E-state index in [1.54, 1.807) is 25.6 Å². The molecular weight excluding hydrogens is 356 g/mol. The molecule has 142 valence electrons. The molecule has 0 unspecified atom stereocenters. The van der Waals surface area contributed by atoms with Crippen LogP contribution in [0.3, 0.4) is 0 Å². The fourth-order valence-corrected chi connectivity index (χ4v) is 3.84. The molecule has 0 aliphatic heterocycles. The van der Waals surface area contributed by atoms with Gasteiger partial charge in [-0.15, -0.1) is 11.3 Å². The van der Waals surface area contributed by atoms with Gasteiger partial charge in [-0.2, -0.15) is 0 Å². The van der Waals surface area contributed by atoms with Gasteiger partial charge in [-0.25, -0.2) is 4.98 Å². The summed E-state index contributed by atoms with van der Waals surface area (Å²) in [5.41, 5.74) is 4.81. The molecule has 2 aromatic carbocycles. The van der Waals surface area contributed by atoms with Crippen LogP contribution in [0.1, 0.15) is 23.7 Å². The zero-order valence-corrected chi connectivity index (χ0v) is 17.2. The molecule has 0 aliphatic rings. The van der Waals surface area contributed by atoms with Crippen LogP contribution in [-0.2, 0) is 19.5 Å². The first-order valence-corrected chi connectivity index (χ1v) is 9.94. The maximum Gasteiger partial charge on any atom is 0.161 e. The lowest BCUT2D eigenvalue weighted by Gasteiger charge is -2.16. The maximum atomic E-state index is 5.39. The third kappa shape index (κ3) is 4.87. The highest BCUT2D eigenvalue weighted by atomic mass is 32.1. The van der Waals surface area contributed by atoms with E-state index < -0.39 is 0 Å². The zero-order chi connectivity index (χ0) is 19.2. The number of nitrogens with zero attached hydrogens (tertiary/aromatic N) is 2. The van der Waals surface area contributed by atoms with Crippen molar-refractivity contribution in [3.63, 3.8) is 0 Å². The number of hydrogen-bond acceptors (Lipinski definition) is 5. The second-order valence-corrected chi connectivity index (χ2v) is 7.41. The van der Waals surface area contributed by atoms with Gasteiger partial charge in [0.1, 0.15) is 5.01 Å².